The van der Waals surface area contributed by atoms with Gasteiger partial charge in [0.25, 0.3) is 0 Å². The van der Waals surface area contributed by atoms with Crippen molar-refractivity contribution in [3.63, 3.8) is 0 Å². The van der Waals surface area contributed by atoms with Gasteiger partial charge in [-0.2, -0.15) is 0 Å². The average molecular weight is 251 g/mol. The molecule has 1 heterocycles. The lowest BCUT2D eigenvalue weighted by atomic mass is 10.2. The van der Waals surface area contributed by atoms with Crippen LogP contribution < -0.4 is 0 Å². The Labute approximate surface area is 91.1 Å². The molecule has 14 heavy (non-hydrogen) atoms. The van der Waals surface area contributed by atoms with Crippen LogP contribution in [-0.4, -0.2) is 9.55 Å². The third-order valence-corrected chi connectivity index (χ3v) is 3.35. The van der Waals surface area contributed by atoms with E-state index in [4.69, 9.17) is 0 Å². The predicted molar refractivity (Wildman–Crippen MR) is 60.4 cm³/mol. The molecule has 0 radical (unpaired) electrons. The molecule has 1 aromatic carbocycles. The Hall–Kier alpha value is -0.830. The van der Waals surface area contributed by atoms with E-state index in [0.29, 0.717) is 6.04 Å². The second-order valence-corrected chi connectivity index (χ2v) is 4.63. The Kier molecular flexibility index (Phi) is 1.71. The number of aromatic nitrogens is 2. The largest absolute Gasteiger partial charge is 0.315 e. The second-order valence-electron chi connectivity index (χ2n) is 3.92. The fourth-order valence-electron chi connectivity index (χ4n) is 1.91. The monoisotopic (exact) mass is 250 g/mol. The van der Waals surface area contributed by atoms with Crippen LogP contribution in [0.3, 0.4) is 0 Å². The fraction of sp³-hybridized carbons (Fsp3) is 0.364. The van der Waals surface area contributed by atoms with Crippen molar-refractivity contribution in [2.75, 3.05) is 0 Å². The lowest BCUT2D eigenvalue weighted by molar-refractivity contribution is 0.745. The highest BCUT2D eigenvalue weighted by molar-refractivity contribution is 9.10. The molecule has 0 spiro atoms. The van der Waals surface area contributed by atoms with Crippen molar-refractivity contribution in [1.29, 1.82) is 0 Å². The van der Waals surface area contributed by atoms with Gasteiger partial charge in [-0.1, -0.05) is 12.1 Å². The quantitative estimate of drug-likeness (QED) is 0.759. The SMILES string of the molecule is Cc1cccc2c1nc(Br)n2C1CC1. The lowest BCUT2D eigenvalue weighted by Crippen LogP contribution is -1.93. The van der Waals surface area contributed by atoms with E-state index in [1.807, 2.05) is 0 Å². The van der Waals surface area contributed by atoms with Crippen molar-refractivity contribution in [2.24, 2.45) is 0 Å². The molecule has 0 aliphatic heterocycles. The highest BCUT2D eigenvalue weighted by Crippen LogP contribution is 2.40. The van der Waals surface area contributed by atoms with E-state index in [1.165, 1.54) is 23.9 Å². The highest BCUT2D eigenvalue weighted by Gasteiger charge is 2.27. The molecule has 1 aromatic heterocycles. The molecule has 2 aromatic rings. The summed E-state index contributed by atoms with van der Waals surface area (Å²) in [5.74, 6) is 0. The standard InChI is InChI=1S/C11H11BrN2/c1-7-3-2-4-9-10(7)13-11(12)14(9)8-5-6-8/h2-4,8H,5-6H2,1H3. The van der Waals surface area contributed by atoms with Gasteiger partial charge in [0.1, 0.15) is 0 Å². The smallest absolute Gasteiger partial charge is 0.178 e. The zero-order chi connectivity index (χ0) is 9.71. The summed E-state index contributed by atoms with van der Waals surface area (Å²) in [5, 5.41) is 0. The Morgan fingerprint density at radius 1 is 1.43 bits per heavy atom. The molecule has 72 valence electrons. The van der Waals surface area contributed by atoms with Gasteiger partial charge in [-0.25, -0.2) is 4.98 Å². The minimum Gasteiger partial charge on any atom is -0.315 e. The van der Waals surface area contributed by atoms with E-state index in [0.717, 1.165) is 10.3 Å². The number of imidazole rings is 1. The maximum atomic E-state index is 4.55. The van der Waals surface area contributed by atoms with Gasteiger partial charge in [0, 0.05) is 6.04 Å². The molecule has 0 unspecified atom stereocenters. The van der Waals surface area contributed by atoms with E-state index < -0.39 is 0 Å². The van der Waals surface area contributed by atoms with Crippen molar-refractivity contribution >= 4 is 27.0 Å². The van der Waals surface area contributed by atoms with Crippen LogP contribution in [-0.2, 0) is 0 Å². The molecule has 0 amide bonds. The maximum absolute atomic E-state index is 4.55. The average Bonchev–Trinajstić information content (AvgIpc) is 2.91. The third-order valence-electron chi connectivity index (χ3n) is 2.79. The number of nitrogens with zero attached hydrogens (tertiary/aromatic N) is 2. The fourth-order valence-corrected chi connectivity index (χ4v) is 2.57. The molecular formula is C11H11BrN2. The number of hydrogen-bond donors (Lipinski definition) is 0. The van der Waals surface area contributed by atoms with Crippen molar-refractivity contribution in [3.05, 3.63) is 28.5 Å². The molecule has 0 bridgehead atoms. The first-order chi connectivity index (χ1) is 6.77. The Morgan fingerprint density at radius 2 is 2.21 bits per heavy atom. The van der Waals surface area contributed by atoms with Crippen molar-refractivity contribution in [1.82, 2.24) is 9.55 Å². The number of benzene rings is 1. The number of rotatable bonds is 1. The zero-order valence-electron chi connectivity index (χ0n) is 8.00. The van der Waals surface area contributed by atoms with Crippen LogP contribution in [0, 0.1) is 6.92 Å². The summed E-state index contributed by atoms with van der Waals surface area (Å²) in [4.78, 5) is 4.55. The molecule has 0 N–H and O–H groups in total. The topological polar surface area (TPSA) is 17.8 Å². The van der Waals surface area contributed by atoms with Gasteiger partial charge in [0.15, 0.2) is 4.73 Å². The van der Waals surface area contributed by atoms with Crippen molar-refractivity contribution < 1.29 is 0 Å². The second kappa shape index (κ2) is 2.83. The predicted octanol–water partition coefficient (Wildman–Crippen LogP) is 3.44. The van der Waals surface area contributed by atoms with Crippen LogP contribution >= 0.6 is 15.9 Å². The van der Waals surface area contributed by atoms with Gasteiger partial charge in [0.05, 0.1) is 11.0 Å². The Morgan fingerprint density at radius 3 is 2.93 bits per heavy atom. The van der Waals surface area contributed by atoms with Crippen LogP contribution in [0.1, 0.15) is 24.4 Å². The summed E-state index contributed by atoms with van der Waals surface area (Å²) in [6, 6.07) is 7.04. The summed E-state index contributed by atoms with van der Waals surface area (Å²) < 4.78 is 3.28. The maximum Gasteiger partial charge on any atom is 0.178 e. The van der Waals surface area contributed by atoms with Crippen molar-refractivity contribution in [2.45, 2.75) is 25.8 Å². The molecule has 0 atom stereocenters. The van der Waals surface area contributed by atoms with Gasteiger partial charge in [-0.15, -0.1) is 0 Å². The first-order valence-corrected chi connectivity index (χ1v) is 5.70. The van der Waals surface area contributed by atoms with Gasteiger partial charge >= 0.3 is 0 Å². The summed E-state index contributed by atoms with van der Waals surface area (Å²) in [7, 11) is 0. The lowest BCUT2D eigenvalue weighted by Gasteiger charge is -2.02. The molecule has 1 saturated carbocycles. The number of fused-ring (bicyclic) bond motifs is 1. The van der Waals surface area contributed by atoms with Crippen LogP contribution in [0.15, 0.2) is 22.9 Å². The third kappa shape index (κ3) is 1.12. The highest BCUT2D eigenvalue weighted by atomic mass is 79.9. The minimum absolute atomic E-state index is 0.677. The molecule has 3 rings (SSSR count). The van der Waals surface area contributed by atoms with Crippen molar-refractivity contribution in [3.8, 4) is 0 Å². The van der Waals surface area contributed by atoms with Crippen LogP contribution in [0.2, 0.25) is 0 Å². The Balaban J connectivity index is 2.37. The van der Waals surface area contributed by atoms with Crippen LogP contribution in [0.5, 0.6) is 0 Å². The first-order valence-electron chi connectivity index (χ1n) is 4.90. The molecule has 1 aliphatic carbocycles. The summed E-state index contributed by atoms with van der Waals surface area (Å²) in [5.41, 5.74) is 3.65. The van der Waals surface area contributed by atoms with E-state index >= 15 is 0 Å². The van der Waals surface area contributed by atoms with E-state index in [2.05, 4.69) is 50.6 Å². The number of halogens is 1. The molecule has 1 aliphatic rings. The molecule has 1 fully saturated rings. The Bertz CT molecular complexity index is 497. The van der Waals surface area contributed by atoms with Crippen LogP contribution in [0.4, 0.5) is 0 Å². The minimum atomic E-state index is 0.677. The van der Waals surface area contributed by atoms with Crippen LogP contribution in [0.25, 0.3) is 11.0 Å². The molecule has 2 nitrogen and oxygen atoms in total. The van der Waals surface area contributed by atoms with E-state index in [1.54, 1.807) is 0 Å². The molecular weight excluding hydrogens is 240 g/mol. The van der Waals surface area contributed by atoms with Gasteiger partial charge < -0.3 is 4.57 Å². The van der Waals surface area contributed by atoms with Gasteiger partial charge in [-0.3, -0.25) is 0 Å². The molecule has 3 heteroatoms. The summed E-state index contributed by atoms with van der Waals surface area (Å²) >= 11 is 3.54. The zero-order valence-corrected chi connectivity index (χ0v) is 9.58. The summed E-state index contributed by atoms with van der Waals surface area (Å²) in [6.45, 7) is 2.11. The van der Waals surface area contributed by atoms with Gasteiger partial charge in [-0.05, 0) is 47.3 Å². The van der Waals surface area contributed by atoms with E-state index in [9.17, 15) is 0 Å². The molecule has 0 saturated heterocycles. The number of aryl methyl sites for hydroxylation is 1. The van der Waals surface area contributed by atoms with Gasteiger partial charge in [0.2, 0.25) is 0 Å². The van der Waals surface area contributed by atoms with E-state index in [-0.39, 0.29) is 0 Å². The number of para-hydroxylation sites is 1. The summed E-state index contributed by atoms with van der Waals surface area (Å²) in [6.07, 6.45) is 2.58. The first kappa shape index (κ1) is 8.48. The normalized spacial score (nSPS) is 16.4. The number of hydrogen-bond acceptors (Lipinski definition) is 1.